The van der Waals surface area contributed by atoms with Crippen molar-refractivity contribution in [3.05, 3.63) is 76.1 Å². The fraction of sp³-hybridized carbons (Fsp3) is 0.111. The lowest BCUT2D eigenvalue weighted by atomic mass is 10.1. The fourth-order valence-electron chi connectivity index (χ4n) is 2.51. The van der Waals surface area contributed by atoms with Crippen molar-refractivity contribution in [1.82, 2.24) is 9.78 Å². The summed E-state index contributed by atoms with van der Waals surface area (Å²) >= 11 is 0. The quantitative estimate of drug-likeness (QED) is 0.431. The normalized spacial score (nSPS) is 10.5. The van der Waals surface area contributed by atoms with Crippen LogP contribution >= 0.6 is 0 Å². The molecular formula is C18H16N4O3. The second-order valence-electron chi connectivity index (χ2n) is 5.56. The maximum absolute atomic E-state index is 11.4. The molecule has 7 nitrogen and oxygen atoms in total. The van der Waals surface area contributed by atoms with Crippen LogP contribution in [0.3, 0.4) is 0 Å². The summed E-state index contributed by atoms with van der Waals surface area (Å²) in [7, 11) is 0. The van der Waals surface area contributed by atoms with Crippen LogP contribution in [-0.4, -0.2) is 20.5 Å². The molecule has 0 aliphatic carbocycles. The zero-order valence-electron chi connectivity index (χ0n) is 13.8. The van der Waals surface area contributed by atoms with E-state index in [0.29, 0.717) is 16.9 Å². The second-order valence-corrected chi connectivity index (χ2v) is 5.56. The number of nitro groups is 1. The van der Waals surface area contributed by atoms with E-state index in [-0.39, 0.29) is 11.5 Å². The standard InChI is InChI=1S/C18H16N4O3/c1-12-17(11-19-21(12)15-6-4-3-5-7-15)20-16-9-8-14(13(2)23)10-18(16)22(24)25/h3-11,20H,1-2H3. The highest BCUT2D eigenvalue weighted by molar-refractivity contribution is 5.95. The number of rotatable bonds is 5. The number of Topliss-reactive ketones (excluding diaryl/α,β-unsaturated/α-hetero) is 1. The van der Waals surface area contributed by atoms with Crippen LogP contribution in [0.15, 0.2) is 54.7 Å². The molecule has 0 unspecified atom stereocenters. The molecule has 0 amide bonds. The van der Waals surface area contributed by atoms with Gasteiger partial charge in [0.05, 0.1) is 28.2 Å². The van der Waals surface area contributed by atoms with Gasteiger partial charge in [-0.3, -0.25) is 14.9 Å². The first-order valence-corrected chi connectivity index (χ1v) is 7.64. The average molecular weight is 336 g/mol. The van der Waals surface area contributed by atoms with Gasteiger partial charge < -0.3 is 5.32 Å². The molecule has 0 aliphatic heterocycles. The van der Waals surface area contributed by atoms with E-state index < -0.39 is 4.92 Å². The van der Waals surface area contributed by atoms with Gasteiger partial charge in [0.15, 0.2) is 5.78 Å². The highest BCUT2D eigenvalue weighted by Gasteiger charge is 2.18. The minimum absolute atomic E-state index is 0.153. The smallest absolute Gasteiger partial charge is 0.293 e. The monoisotopic (exact) mass is 336 g/mol. The summed E-state index contributed by atoms with van der Waals surface area (Å²) in [5, 5.41) is 18.7. The SMILES string of the molecule is CC(=O)c1ccc(Nc2cnn(-c3ccccc3)c2C)c([N+](=O)[O-])c1. The molecule has 0 saturated heterocycles. The molecule has 1 aromatic heterocycles. The van der Waals surface area contributed by atoms with Crippen molar-refractivity contribution in [3.8, 4) is 5.69 Å². The zero-order chi connectivity index (χ0) is 18.0. The van der Waals surface area contributed by atoms with Crippen molar-refractivity contribution in [3.63, 3.8) is 0 Å². The Kier molecular flexibility index (Phi) is 4.30. The fourth-order valence-corrected chi connectivity index (χ4v) is 2.51. The molecule has 3 rings (SSSR count). The molecule has 0 fully saturated rings. The molecule has 0 aliphatic rings. The van der Waals surface area contributed by atoms with Crippen LogP contribution < -0.4 is 5.32 Å². The number of carbonyl (C=O) groups is 1. The summed E-state index contributed by atoms with van der Waals surface area (Å²) in [6.07, 6.45) is 1.62. The molecule has 0 spiro atoms. The first-order chi connectivity index (χ1) is 12.0. The summed E-state index contributed by atoms with van der Waals surface area (Å²) in [6.45, 7) is 3.25. The number of aromatic nitrogens is 2. The van der Waals surface area contributed by atoms with Gasteiger partial charge >= 0.3 is 0 Å². The van der Waals surface area contributed by atoms with E-state index in [4.69, 9.17) is 0 Å². The molecule has 0 saturated carbocycles. The molecule has 0 bridgehead atoms. The number of nitrogens with one attached hydrogen (secondary N) is 1. The summed E-state index contributed by atoms with van der Waals surface area (Å²) in [5.41, 5.74) is 2.83. The largest absolute Gasteiger partial charge is 0.347 e. The third-order valence-electron chi connectivity index (χ3n) is 3.88. The van der Waals surface area contributed by atoms with Gasteiger partial charge in [0, 0.05) is 11.6 Å². The topological polar surface area (TPSA) is 90.1 Å². The van der Waals surface area contributed by atoms with Crippen molar-refractivity contribution >= 4 is 22.8 Å². The van der Waals surface area contributed by atoms with Crippen LogP contribution in [0.1, 0.15) is 23.0 Å². The van der Waals surface area contributed by atoms with Crippen LogP contribution in [-0.2, 0) is 0 Å². The summed E-state index contributed by atoms with van der Waals surface area (Å²) in [5.74, 6) is -0.220. The maximum atomic E-state index is 11.4. The van der Waals surface area contributed by atoms with E-state index in [0.717, 1.165) is 11.4 Å². The predicted octanol–water partition coefficient (Wildman–Crippen LogP) is 4.04. The van der Waals surface area contributed by atoms with Crippen LogP contribution in [0.25, 0.3) is 5.69 Å². The number of hydrogen-bond donors (Lipinski definition) is 1. The van der Waals surface area contributed by atoms with Gasteiger partial charge in [0.25, 0.3) is 5.69 Å². The molecule has 1 N–H and O–H groups in total. The lowest BCUT2D eigenvalue weighted by Gasteiger charge is -2.09. The van der Waals surface area contributed by atoms with Gasteiger partial charge in [0.2, 0.25) is 0 Å². The van der Waals surface area contributed by atoms with Crippen LogP contribution in [0.2, 0.25) is 0 Å². The Morgan fingerprint density at radius 1 is 1.16 bits per heavy atom. The molecule has 25 heavy (non-hydrogen) atoms. The Bertz CT molecular complexity index is 948. The Balaban J connectivity index is 1.97. The van der Waals surface area contributed by atoms with Crippen LogP contribution in [0.4, 0.5) is 17.1 Å². The van der Waals surface area contributed by atoms with Crippen molar-refractivity contribution in [2.75, 3.05) is 5.32 Å². The van der Waals surface area contributed by atoms with Crippen molar-refractivity contribution < 1.29 is 9.72 Å². The van der Waals surface area contributed by atoms with Gasteiger partial charge in [0.1, 0.15) is 5.69 Å². The Morgan fingerprint density at radius 3 is 2.52 bits per heavy atom. The number of nitro benzene ring substituents is 1. The number of para-hydroxylation sites is 1. The predicted molar refractivity (Wildman–Crippen MR) is 94.7 cm³/mol. The molecule has 0 atom stereocenters. The van der Waals surface area contributed by atoms with E-state index in [2.05, 4.69) is 10.4 Å². The van der Waals surface area contributed by atoms with Crippen molar-refractivity contribution in [2.45, 2.75) is 13.8 Å². The van der Waals surface area contributed by atoms with E-state index >= 15 is 0 Å². The van der Waals surface area contributed by atoms with E-state index in [1.165, 1.54) is 19.1 Å². The number of anilines is 2. The van der Waals surface area contributed by atoms with Crippen molar-refractivity contribution in [1.29, 1.82) is 0 Å². The number of nitrogens with zero attached hydrogens (tertiary/aromatic N) is 3. The minimum atomic E-state index is -0.508. The molecule has 0 radical (unpaired) electrons. The molecule has 126 valence electrons. The zero-order valence-corrected chi connectivity index (χ0v) is 13.8. The second kappa shape index (κ2) is 6.56. The lowest BCUT2D eigenvalue weighted by molar-refractivity contribution is -0.383. The van der Waals surface area contributed by atoms with Gasteiger partial charge in [-0.05, 0) is 38.1 Å². The summed E-state index contributed by atoms with van der Waals surface area (Å²) in [6, 6.07) is 14.0. The first-order valence-electron chi connectivity index (χ1n) is 7.64. The molecule has 1 heterocycles. The van der Waals surface area contributed by atoms with E-state index in [1.54, 1.807) is 16.9 Å². The van der Waals surface area contributed by atoms with E-state index in [1.807, 2.05) is 37.3 Å². The molecule has 2 aromatic carbocycles. The minimum Gasteiger partial charge on any atom is -0.347 e. The Labute approximate surface area is 144 Å². The van der Waals surface area contributed by atoms with Crippen molar-refractivity contribution in [2.24, 2.45) is 0 Å². The highest BCUT2D eigenvalue weighted by atomic mass is 16.6. The lowest BCUT2D eigenvalue weighted by Crippen LogP contribution is -2.02. The van der Waals surface area contributed by atoms with Gasteiger partial charge in [-0.25, -0.2) is 4.68 Å². The number of hydrogen-bond acceptors (Lipinski definition) is 5. The number of carbonyl (C=O) groups excluding carboxylic acids is 1. The molecular weight excluding hydrogens is 320 g/mol. The highest BCUT2D eigenvalue weighted by Crippen LogP contribution is 2.30. The first kappa shape index (κ1) is 16.4. The summed E-state index contributed by atoms with van der Waals surface area (Å²) < 4.78 is 1.75. The van der Waals surface area contributed by atoms with E-state index in [9.17, 15) is 14.9 Å². The average Bonchev–Trinajstić information content (AvgIpc) is 2.96. The third-order valence-corrected chi connectivity index (χ3v) is 3.88. The number of benzene rings is 2. The Hall–Kier alpha value is -3.48. The number of ketones is 1. The van der Waals surface area contributed by atoms with Gasteiger partial charge in [-0.1, -0.05) is 18.2 Å². The van der Waals surface area contributed by atoms with Crippen LogP contribution in [0.5, 0.6) is 0 Å². The Morgan fingerprint density at radius 2 is 1.88 bits per heavy atom. The molecule has 3 aromatic rings. The summed E-state index contributed by atoms with van der Waals surface area (Å²) in [4.78, 5) is 22.3. The van der Waals surface area contributed by atoms with Gasteiger partial charge in [-0.15, -0.1) is 0 Å². The maximum Gasteiger partial charge on any atom is 0.293 e. The van der Waals surface area contributed by atoms with Crippen LogP contribution in [0, 0.1) is 17.0 Å². The third kappa shape index (κ3) is 3.25. The molecule has 7 heteroatoms. The van der Waals surface area contributed by atoms with Gasteiger partial charge in [-0.2, -0.15) is 5.10 Å².